The molecule has 1 saturated carbocycles. The van der Waals surface area contributed by atoms with Crippen LogP contribution in [0, 0.1) is 5.82 Å². The summed E-state index contributed by atoms with van der Waals surface area (Å²) in [5.41, 5.74) is 5.77. The Morgan fingerprint density at radius 1 is 1.47 bits per heavy atom. The summed E-state index contributed by atoms with van der Waals surface area (Å²) < 4.78 is 18.7. The van der Waals surface area contributed by atoms with Crippen LogP contribution in [0.1, 0.15) is 36.0 Å². The molecule has 0 aliphatic heterocycles. The number of hydrogen-bond acceptors (Lipinski definition) is 3. The Kier molecular flexibility index (Phi) is 4.37. The van der Waals surface area contributed by atoms with Gasteiger partial charge in [-0.3, -0.25) is 4.79 Å². The third-order valence-corrected chi connectivity index (χ3v) is 3.56. The van der Waals surface area contributed by atoms with Crippen molar-refractivity contribution in [3.8, 4) is 0 Å². The lowest BCUT2D eigenvalue weighted by molar-refractivity contribution is 0.0669. The fraction of sp³-hybridized carbons (Fsp3) is 0.500. The van der Waals surface area contributed by atoms with Gasteiger partial charge in [-0.1, -0.05) is 0 Å². The number of carbonyl (C=O) groups excluding carboxylic acids is 1. The highest BCUT2D eigenvalue weighted by Crippen LogP contribution is 2.24. The molecular weight excluding hydrogens is 247 g/mol. The van der Waals surface area contributed by atoms with Gasteiger partial charge in [0.05, 0.1) is 11.7 Å². The molecule has 1 fully saturated rings. The van der Waals surface area contributed by atoms with Crippen LogP contribution in [0.4, 0.5) is 10.1 Å². The molecule has 104 valence electrons. The van der Waals surface area contributed by atoms with E-state index in [2.05, 4.69) is 5.32 Å². The number of methoxy groups -OCH3 is 1. The van der Waals surface area contributed by atoms with Gasteiger partial charge in [-0.05, 0) is 43.9 Å². The van der Waals surface area contributed by atoms with Gasteiger partial charge in [0.1, 0.15) is 5.82 Å². The zero-order valence-electron chi connectivity index (χ0n) is 11.0. The fourth-order valence-corrected chi connectivity index (χ4v) is 2.53. The van der Waals surface area contributed by atoms with E-state index in [-0.39, 0.29) is 17.7 Å². The second kappa shape index (κ2) is 6.02. The lowest BCUT2D eigenvalue weighted by atomic mass is 9.92. The maximum absolute atomic E-state index is 13.4. The van der Waals surface area contributed by atoms with E-state index in [0.29, 0.717) is 0 Å². The molecule has 0 bridgehead atoms. The number of anilines is 1. The Hall–Kier alpha value is -1.62. The third kappa shape index (κ3) is 3.44. The average molecular weight is 266 g/mol. The molecule has 0 spiro atoms. The highest BCUT2D eigenvalue weighted by Gasteiger charge is 2.21. The van der Waals surface area contributed by atoms with Gasteiger partial charge in [-0.25, -0.2) is 4.39 Å². The molecule has 1 aliphatic carbocycles. The van der Waals surface area contributed by atoms with Gasteiger partial charge < -0.3 is 15.8 Å². The summed E-state index contributed by atoms with van der Waals surface area (Å²) >= 11 is 0. The van der Waals surface area contributed by atoms with Crippen LogP contribution < -0.4 is 11.1 Å². The molecule has 1 aromatic rings. The Labute approximate surface area is 112 Å². The van der Waals surface area contributed by atoms with E-state index in [1.54, 1.807) is 13.2 Å². The van der Waals surface area contributed by atoms with Crippen molar-refractivity contribution in [2.45, 2.75) is 37.8 Å². The topological polar surface area (TPSA) is 64.3 Å². The van der Waals surface area contributed by atoms with Gasteiger partial charge in [0.15, 0.2) is 0 Å². The molecule has 0 saturated heterocycles. The van der Waals surface area contributed by atoms with Crippen LogP contribution in [0.2, 0.25) is 0 Å². The first-order valence-electron chi connectivity index (χ1n) is 6.49. The Morgan fingerprint density at radius 3 is 2.95 bits per heavy atom. The summed E-state index contributed by atoms with van der Waals surface area (Å²) in [6.07, 6.45) is 4.40. The van der Waals surface area contributed by atoms with Crippen molar-refractivity contribution in [3.05, 3.63) is 29.6 Å². The number of ether oxygens (including phenoxy) is 1. The van der Waals surface area contributed by atoms with Gasteiger partial charge >= 0.3 is 0 Å². The van der Waals surface area contributed by atoms with E-state index < -0.39 is 11.7 Å². The summed E-state index contributed by atoms with van der Waals surface area (Å²) in [5.74, 6) is -1.34. The van der Waals surface area contributed by atoms with Crippen LogP contribution in [0.5, 0.6) is 0 Å². The summed E-state index contributed by atoms with van der Waals surface area (Å²) in [6.45, 7) is 0. The molecule has 1 amide bonds. The van der Waals surface area contributed by atoms with Crippen molar-refractivity contribution >= 4 is 11.6 Å². The molecule has 5 heteroatoms. The number of benzene rings is 1. The SMILES string of the molecule is COC1CCCC(Nc2ccc(F)c(C(N)=O)c2)C1. The summed E-state index contributed by atoms with van der Waals surface area (Å²) in [6, 6.07) is 4.63. The smallest absolute Gasteiger partial charge is 0.251 e. The maximum atomic E-state index is 13.4. The predicted molar refractivity (Wildman–Crippen MR) is 71.6 cm³/mol. The van der Waals surface area contributed by atoms with Crippen molar-refractivity contribution in [1.82, 2.24) is 0 Å². The molecule has 0 heterocycles. The van der Waals surface area contributed by atoms with Crippen molar-refractivity contribution in [1.29, 1.82) is 0 Å². The van der Waals surface area contributed by atoms with Crippen LogP contribution in [0.3, 0.4) is 0 Å². The van der Waals surface area contributed by atoms with Crippen LogP contribution in [0.25, 0.3) is 0 Å². The molecular formula is C14H19FN2O2. The lowest BCUT2D eigenvalue weighted by Crippen LogP contribution is -2.31. The van der Waals surface area contributed by atoms with Gasteiger partial charge in [-0.2, -0.15) is 0 Å². The first-order valence-corrected chi connectivity index (χ1v) is 6.49. The van der Waals surface area contributed by atoms with Crippen LogP contribution in [-0.4, -0.2) is 25.2 Å². The number of nitrogens with two attached hydrogens (primary N) is 1. The van der Waals surface area contributed by atoms with E-state index in [4.69, 9.17) is 10.5 Å². The minimum atomic E-state index is -0.750. The summed E-state index contributed by atoms with van der Waals surface area (Å²) in [5, 5.41) is 3.31. The molecule has 2 rings (SSSR count). The largest absolute Gasteiger partial charge is 0.382 e. The zero-order chi connectivity index (χ0) is 13.8. The van der Waals surface area contributed by atoms with Gasteiger partial charge in [0, 0.05) is 18.8 Å². The first kappa shape index (κ1) is 13.8. The molecule has 4 nitrogen and oxygen atoms in total. The van der Waals surface area contributed by atoms with Crippen LogP contribution in [-0.2, 0) is 4.74 Å². The molecule has 2 atom stereocenters. The van der Waals surface area contributed by atoms with E-state index in [0.717, 1.165) is 31.4 Å². The second-order valence-corrected chi connectivity index (χ2v) is 4.92. The normalized spacial score (nSPS) is 23.1. The van der Waals surface area contributed by atoms with Crippen LogP contribution in [0.15, 0.2) is 18.2 Å². The minimum absolute atomic E-state index is 0.0795. The number of carbonyl (C=O) groups is 1. The number of nitrogens with one attached hydrogen (secondary N) is 1. The number of rotatable bonds is 4. The highest BCUT2D eigenvalue weighted by molar-refractivity contribution is 5.94. The highest BCUT2D eigenvalue weighted by atomic mass is 19.1. The first-order chi connectivity index (χ1) is 9.10. The van der Waals surface area contributed by atoms with E-state index in [1.807, 2.05) is 0 Å². The van der Waals surface area contributed by atoms with E-state index in [9.17, 15) is 9.18 Å². The standard InChI is InChI=1S/C14H19FN2O2/c1-19-11-4-2-3-9(7-11)17-10-5-6-13(15)12(8-10)14(16)18/h5-6,8-9,11,17H,2-4,7H2,1H3,(H2,16,18). The van der Waals surface area contributed by atoms with Gasteiger partial charge in [0.25, 0.3) is 5.91 Å². The van der Waals surface area contributed by atoms with Crippen molar-refractivity contribution in [3.63, 3.8) is 0 Å². The average Bonchev–Trinajstić information content (AvgIpc) is 2.41. The molecule has 1 aromatic carbocycles. The molecule has 0 radical (unpaired) electrons. The number of halogens is 1. The molecule has 0 aromatic heterocycles. The molecule has 1 aliphatic rings. The quantitative estimate of drug-likeness (QED) is 0.878. The maximum Gasteiger partial charge on any atom is 0.251 e. The monoisotopic (exact) mass is 266 g/mol. The van der Waals surface area contributed by atoms with Crippen LogP contribution >= 0.6 is 0 Å². The lowest BCUT2D eigenvalue weighted by Gasteiger charge is -2.29. The third-order valence-electron chi connectivity index (χ3n) is 3.56. The van der Waals surface area contributed by atoms with Crippen molar-refractivity contribution in [2.24, 2.45) is 5.73 Å². The zero-order valence-corrected chi connectivity index (χ0v) is 11.0. The Balaban J connectivity index is 2.06. The molecule has 2 unspecified atom stereocenters. The Bertz CT molecular complexity index is 465. The fourth-order valence-electron chi connectivity index (χ4n) is 2.53. The predicted octanol–water partition coefficient (Wildman–Crippen LogP) is 2.29. The van der Waals surface area contributed by atoms with Crippen molar-refractivity contribution in [2.75, 3.05) is 12.4 Å². The summed E-state index contributed by atoms with van der Waals surface area (Å²) in [4.78, 5) is 11.1. The van der Waals surface area contributed by atoms with Crippen molar-refractivity contribution < 1.29 is 13.9 Å². The molecule has 3 N–H and O–H groups in total. The van der Waals surface area contributed by atoms with E-state index >= 15 is 0 Å². The number of amides is 1. The van der Waals surface area contributed by atoms with Gasteiger partial charge in [0.2, 0.25) is 0 Å². The Morgan fingerprint density at radius 2 is 2.26 bits per heavy atom. The van der Waals surface area contributed by atoms with Gasteiger partial charge in [-0.15, -0.1) is 0 Å². The summed E-state index contributed by atoms with van der Waals surface area (Å²) in [7, 11) is 1.72. The van der Waals surface area contributed by atoms with E-state index in [1.165, 1.54) is 12.1 Å². The number of primary amides is 1. The second-order valence-electron chi connectivity index (χ2n) is 4.92. The molecule has 19 heavy (non-hydrogen) atoms. The number of hydrogen-bond donors (Lipinski definition) is 2. The minimum Gasteiger partial charge on any atom is -0.382 e.